The Morgan fingerprint density at radius 1 is 0.364 bits per heavy atom. The molecule has 3 heterocycles. The Labute approximate surface area is 315 Å². The second-order valence-electron chi connectivity index (χ2n) is 13.6. The van der Waals surface area contributed by atoms with Crippen molar-refractivity contribution in [1.82, 2.24) is 15.0 Å². The van der Waals surface area contributed by atoms with E-state index in [1.165, 1.54) is 5.39 Å². The molecule has 0 N–H and O–H groups in total. The molecule has 0 amide bonds. The van der Waals surface area contributed by atoms with Crippen molar-refractivity contribution in [3.05, 3.63) is 182 Å². The summed E-state index contributed by atoms with van der Waals surface area (Å²) in [6.45, 7) is 0. The Balaban J connectivity index is 1.11. The normalized spacial score (nSPS) is 11.6. The van der Waals surface area contributed by atoms with Gasteiger partial charge in [-0.25, -0.2) is 15.0 Å². The quantitative estimate of drug-likeness (QED) is 0.171. The fraction of sp³-hybridized carbons (Fsp3) is 0. The van der Waals surface area contributed by atoms with Gasteiger partial charge >= 0.3 is 0 Å². The molecular formula is C49H30N4O2. The fourth-order valence-electron chi connectivity index (χ4n) is 7.75. The van der Waals surface area contributed by atoms with Crippen LogP contribution in [-0.4, -0.2) is 15.0 Å². The van der Waals surface area contributed by atoms with Gasteiger partial charge in [0.05, 0.1) is 11.1 Å². The molecule has 0 aliphatic carbocycles. The molecule has 0 radical (unpaired) electrons. The second-order valence-corrected chi connectivity index (χ2v) is 13.6. The van der Waals surface area contributed by atoms with Crippen LogP contribution in [0.3, 0.4) is 0 Å². The smallest absolute Gasteiger partial charge is 0.164 e. The van der Waals surface area contributed by atoms with Gasteiger partial charge in [0.2, 0.25) is 0 Å². The minimum atomic E-state index is 0.585. The largest absolute Gasteiger partial charge is 0.456 e. The lowest BCUT2D eigenvalue weighted by Crippen LogP contribution is -2.10. The number of para-hydroxylation sites is 1. The van der Waals surface area contributed by atoms with Crippen molar-refractivity contribution in [3.63, 3.8) is 0 Å². The van der Waals surface area contributed by atoms with Gasteiger partial charge in [0.25, 0.3) is 0 Å². The van der Waals surface area contributed by atoms with Gasteiger partial charge in [-0.2, -0.15) is 0 Å². The van der Waals surface area contributed by atoms with E-state index in [2.05, 4.69) is 102 Å². The minimum Gasteiger partial charge on any atom is -0.456 e. The van der Waals surface area contributed by atoms with Crippen LogP contribution in [0.1, 0.15) is 0 Å². The number of nitrogens with zero attached hydrogens (tertiary/aromatic N) is 4. The van der Waals surface area contributed by atoms with Crippen LogP contribution in [0, 0.1) is 0 Å². The van der Waals surface area contributed by atoms with Crippen molar-refractivity contribution in [2.45, 2.75) is 0 Å². The van der Waals surface area contributed by atoms with Gasteiger partial charge < -0.3 is 13.7 Å². The molecule has 0 saturated carbocycles. The van der Waals surface area contributed by atoms with E-state index in [0.717, 1.165) is 83.0 Å². The first kappa shape index (κ1) is 31.0. The van der Waals surface area contributed by atoms with Crippen LogP contribution in [0.4, 0.5) is 17.1 Å². The van der Waals surface area contributed by atoms with E-state index < -0.39 is 0 Å². The molecule has 0 atom stereocenters. The maximum atomic E-state index is 6.68. The van der Waals surface area contributed by atoms with Gasteiger partial charge in [-0.15, -0.1) is 0 Å². The Kier molecular flexibility index (Phi) is 7.07. The predicted molar refractivity (Wildman–Crippen MR) is 223 cm³/mol. The zero-order chi connectivity index (χ0) is 36.3. The number of hydrogen-bond acceptors (Lipinski definition) is 6. The first-order valence-corrected chi connectivity index (χ1v) is 18.3. The van der Waals surface area contributed by atoms with Gasteiger partial charge in [0, 0.05) is 50.3 Å². The van der Waals surface area contributed by atoms with Crippen molar-refractivity contribution in [1.29, 1.82) is 0 Å². The van der Waals surface area contributed by atoms with Crippen LogP contribution >= 0.6 is 0 Å². The average Bonchev–Trinajstić information content (AvgIpc) is 3.81. The number of rotatable bonds is 6. The van der Waals surface area contributed by atoms with Gasteiger partial charge in [0.1, 0.15) is 22.3 Å². The number of furan rings is 2. The molecule has 11 rings (SSSR count). The van der Waals surface area contributed by atoms with Crippen LogP contribution in [0.15, 0.2) is 191 Å². The van der Waals surface area contributed by atoms with Crippen molar-refractivity contribution in [2.75, 3.05) is 4.90 Å². The standard InChI is InChI=1S/C49H30N4O2/c1-4-14-31(15-5-1)47-50-48(32-16-6-2-7-17-32)52-49(51-47)38-22-12-24-41-45(38)37-27-26-36(30-44(37)54-41)53(35-20-8-3-9-21-35)40-23-13-25-42-46(40)39-28-33-18-10-11-19-34(33)29-43(39)55-42/h1-30H. The number of fused-ring (bicyclic) bond motifs is 7. The summed E-state index contributed by atoms with van der Waals surface area (Å²) in [6, 6.07) is 62.1. The molecule has 55 heavy (non-hydrogen) atoms. The first-order valence-electron chi connectivity index (χ1n) is 18.3. The third-order valence-electron chi connectivity index (χ3n) is 10.3. The van der Waals surface area contributed by atoms with E-state index in [1.807, 2.05) is 84.9 Å². The van der Waals surface area contributed by atoms with Crippen molar-refractivity contribution >= 4 is 71.7 Å². The SMILES string of the molecule is c1ccc(-c2nc(-c3ccccc3)nc(-c3cccc4oc5cc(N(c6ccccc6)c6cccc7oc8cc9ccccc9cc8c67)ccc5c34)n2)cc1. The van der Waals surface area contributed by atoms with Crippen LogP contribution < -0.4 is 4.90 Å². The molecule has 0 aliphatic heterocycles. The highest BCUT2D eigenvalue weighted by molar-refractivity contribution is 6.17. The Bertz CT molecular complexity index is 3150. The van der Waals surface area contributed by atoms with Crippen LogP contribution in [-0.2, 0) is 0 Å². The summed E-state index contributed by atoms with van der Waals surface area (Å²) < 4.78 is 13.2. The van der Waals surface area contributed by atoms with Crippen molar-refractivity contribution in [2.24, 2.45) is 0 Å². The number of aromatic nitrogens is 3. The highest BCUT2D eigenvalue weighted by Crippen LogP contribution is 2.45. The van der Waals surface area contributed by atoms with E-state index >= 15 is 0 Å². The number of anilines is 3. The summed E-state index contributed by atoms with van der Waals surface area (Å²) in [5, 5.41) is 6.37. The van der Waals surface area contributed by atoms with E-state index in [-0.39, 0.29) is 0 Å². The summed E-state index contributed by atoms with van der Waals surface area (Å²) in [6.07, 6.45) is 0. The molecule has 0 fully saturated rings. The minimum absolute atomic E-state index is 0.585. The van der Waals surface area contributed by atoms with Crippen LogP contribution in [0.2, 0.25) is 0 Å². The monoisotopic (exact) mass is 706 g/mol. The summed E-state index contributed by atoms with van der Waals surface area (Å²) in [7, 11) is 0. The third kappa shape index (κ3) is 5.23. The predicted octanol–water partition coefficient (Wildman–Crippen LogP) is 13.3. The molecule has 258 valence electrons. The molecule has 0 unspecified atom stereocenters. The van der Waals surface area contributed by atoms with Gasteiger partial charge in [-0.05, 0) is 65.4 Å². The van der Waals surface area contributed by atoms with Crippen LogP contribution in [0.25, 0.3) is 88.8 Å². The van der Waals surface area contributed by atoms with E-state index in [4.69, 9.17) is 23.8 Å². The maximum absolute atomic E-state index is 6.68. The maximum Gasteiger partial charge on any atom is 0.164 e. The zero-order valence-electron chi connectivity index (χ0n) is 29.4. The molecule has 11 aromatic rings. The van der Waals surface area contributed by atoms with Crippen molar-refractivity contribution < 1.29 is 8.83 Å². The summed E-state index contributed by atoms with van der Waals surface area (Å²) >= 11 is 0. The van der Waals surface area contributed by atoms with Gasteiger partial charge in [0.15, 0.2) is 17.5 Å². The number of hydrogen-bond donors (Lipinski definition) is 0. The lowest BCUT2D eigenvalue weighted by atomic mass is 10.0. The Hall–Kier alpha value is -7.57. The molecule has 0 saturated heterocycles. The molecule has 0 aliphatic rings. The lowest BCUT2D eigenvalue weighted by Gasteiger charge is -2.26. The van der Waals surface area contributed by atoms with Crippen molar-refractivity contribution in [3.8, 4) is 34.2 Å². The molecule has 0 bridgehead atoms. The molecular weight excluding hydrogens is 677 g/mol. The summed E-state index contributed by atoms with van der Waals surface area (Å²) in [5.41, 5.74) is 8.93. The first-order chi connectivity index (χ1) is 27.2. The molecule has 6 nitrogen and oxygen atoms in total. The van der Waals surface area contributed by atoms with E-state index in [0.29, 0.717) is 17.5 Å². The highest BCUT2D eigenvalue weighted by atomic mass is 16.3. The van der Waals surface area contributed by atoms with Gasteiger partial charge in [-0.3, -0.25) is 0 Å². The Morgan fingerprint density at radius 2 is 0.927 bits per heavy atom. The third-order valence-corrected chi connectivity index (χ3v) is 10.3. The average molecular weight is 707 g/mol. The molecule has 8 aromatic carbocycles. The van der Waals surface area contributed by atoms with Gasteiger partial charge in [-0.1, -0.05) is 121 Å². The van der Waals surface area contributed by atoms with E-state index in [9.17, 15) is 0 Å². The zero-order valence-corrected chi connectivity index (χ0v) is 29.4. The Morgan fingerprint density at radius 3 is 1.62 bits per heavy atom. The second kappa shape index (κ2) is 12.5. The highest BCUT2D eigenvalue weighted by Gasteiger charge is 2.22. The molecule has 0 spiro atoms. The lowest BCUT2D eigenvalue weighted by molar-refractivity contribution is 0.669. The van der Waals surface area contributed by atoms with Crippen LogP contribution in [0.5, 0.6) is 0 Å². The summed E-state index contributed by atoms with van der Waals surface area (Å²) in [4.78, 5) is 17.3. The number of benzene rings is 8. The molecule has 3 aromatic heterocycles. The fourth-order valence-corrected chi connectivity index (χ4v) is 7.75. The summed E-state index contributed by atoms with van der Waals surface area (Å²) in [5.74, 6) is 1.81. The molecule has 6 heteroatoms. The van der Waals surface area contributed by atoms with E-state index in [1.54, 1.807) is 0 Å². The topological polar surface area (TPSA) is 68.2 Å².